The summed E-state index contributed by atoms with van der Waals surface area (Å²) in [5.74, 6) is 1.33. The monoisotopic (exact) mass is 436 g/mol. The molecule has 0 saturated carbocycles. The van der Waals surface area contributed by atoms with Crippen LogP contribution in [0.3, 0.4) is 0 Å². The van der Waals surface area contributed by atoms with Crippen LogP contribution < -0.4 is 5.32 Å². The molecule has 1 aromatic rings. The molecule has 2 rings (SSSR count). The molecule has 5 nitrogen and oxygen atoms in total. The molecule has 0 bridgehead atoms. The number of nitrogens with zero attached hydrogens (tertiary/aromatic N) is 1. The number of hydrogen-bond acceptors (Lipinski definition) is 4. The van der Waals surface area contributed by atoms with E-state index in [1.54, 1.807) is 4.90 Å². The van der Waals surface area contributed by atoms with Gasteiger partial charge in [-0.15, -0.1) is 0 Å². The van der Waals surface area contributed by atoms with Crippen molar-refractivity contribution in [3.8, 4) is 0 Å². The van der Waals surface area contributed by atoms with E-state index in [1.807, 2.05) is 26.8 Å². The standard InChI is InChI=1S/C15H22Br2N2O3/c1-15(2,3)22-14(20)19-5-4-10(9-19)7-18-8-11-6-12(16)13(17)21-11/h6,10,18H,4-5,7-9H2,1-3H3. The molecule has 1 atom stereocenters. The maximum absolute atomic E-state index is 12.0. The molecule has 1 unspecified atom stereocenters. The Labute approximate surface area is 148 Å². The maximum Gasteiger partial charge on any atom is 0.410 e. The minimum Gasteiger partial charge on any atom is -0.452 e. The van der Waals surface area contributed by atoms with Crippen molar-refractivity contribution in [2.75, 3.05) is 19.6 Å². The first-order chi connectivity index (χ1) is 10.2. The van der Waals surface area contributed by atoms with Gasteiger partial charge in [-0.1, -0.05) is 0 Å². The van der Waals surface area contributed by atoms with Crippen LogP contribution in [0.2, 0.25) is 0 Å². The highest BCUT2D eigenvalue weighted by Crippen LogP contribution is 2.26. The van der Waals surface area contributed by atoms with Crippen molar-refractivity contribution in [3.63, 3.8) is 0 Å². The molecule has 1 N–H and O–H groups in total. The van der Waals surface area contributed by atoms with Crippen molar-refractivity contribution in [3.05, 3.63) is 21.0 Å². The summed E-state index contributed by atoms with van der Waals surface area (Å²) in [6.07, 6.45) is 0.784. The Morgan fingerprint density at radius 3 is 2.82 bits per heavy atom. The van der Waals surface area contributed by atoms with Crippen LogP contribution in [0.15, 0.2) is 19.6 Å². The number of furan rings is 1. The van der Waals surface area contributed by atoms with Crippen molar-refractivity contribution >= 4 is 38.0 Å². The molecule has 1 saturated heterocycles. The summed E-state index contributed by atoms with van der Waals surface area (Å²) in [7, 11) is 0. The fourth-order valence-electron chi connectivity index (χ4n) is 2.37. The van der Waals surface area contributed by atoms with Crippen molar-refractivity contribution in [2.45, 2.75) is 39.3 Å². The topological polar surface area (TPSA) is 54.7 Å². The van der Waals surface area contributed by atoms with Gasteiger partial charge in [-0.3, -0.25) is 0 Å². The smallest absolute Gasteiger partial charge is 0.410 e. The minimum atomic E-state index is -0.437. The van der Waals surface area contributed by atoms with Crippen LogP contribution in [-0.2, 0) is 11.3 Å². The van der Waals surface area contributed by atoms with Gasteiger partial charge in [0.1, 0.15) is 11.4 Å². The third-order valence-corrected chi connectivity index (χ3v) is 5.08. The molecular weight excluding hydrogens is 416 g/mol. The maximum atomic E-state index is 12.0. The van der Waals surface area contributed by atoms with Gasteiger partial charge in [0.2, 0.25) is 0 Å². The average molecular weight is 438 g/mol. The lowest BCUT2D eigenvalue weighted by atomic mass is 10.1. The Balaban J connectivity index is 1.71. The summed E-state index contributed by atoms with van der Waals surface area (Å²) in [6, 6.07) is 1.94. The van der Waals surface area contributed by atoms with Crippen LogP contribution >= 0.6 is 31.9 Å². The quantitative estimate of drug-likeness (QED) is 0.768. The lowest BCUT2D eigenvalue weighted by Crippen LogP contribution is -2.36. The van der Waals surface area contributed by atoms with Crippen LogP contribution in [-0.4, -0.2) is 36.2 Å². The molecule has 22 heavy (non-hydrogen) atoms. The first-order valence-electron chi connectivity index (χ1n) is 7.37. The Morgan fingerprint density at radius 1 is 1.50 bits per heavy atom. The molecule has 0 spiro atoms. The molecule has 1 fully saturated rings. The Bertz CT molecular complexity index is 506. The largest absolute Gasteiger partial charge is 0.452 e. The number of likely N-dealkylation sites (tertiary alicyclic amines) is 1. The summed E-state index contributed by atoms with van der Waals surface area (Å²) in [5, 5.41) is 3.38. The molecule has 0 aliphatic carbocycles. The predicted octanol–water partition coefficient (Wildman–Crippen LogP) is 4.15. The highest BCUT2D eigenvalue weighted by Gasteiger charge is 2.29. The number of amides is 1. The van der Waals surface area contributed by atoms with Crippen molar-refractivity contribution in [1.82, 2.24) is 10.2 Å². The van der Waals surface area contributed by atoms with Gasteiger partial charge in [-0.05, 0) is 71.0 Å². The third-order valence-electron chi connectivity index (χ3n) is 3.37. The van der Waals surface area contributed by atoms with Gasteiger partial charge in [0, 0.05) is 19.6 Å². The highest BCUT2D eigenvalue weighted by molar-refractivity contribution is 9.13. The average Bonchev–Trinajstić information content (AvgIpc) is 2.96. The van der Waals surface area contributed by atoms with Crippen LogP contribution in [0.1, 0.15) is 33.0 Å². The zero-order valence-electron chi connectivity index (χ0n) is 13.1. The van der Waals surface area contributed by atoms with Crippen LogP contribution in [0.25, 0.3) is 0 Å². The second kappa shape index (κ2) is 7.36. The second-order valence-electron chi connectivity index (χ2n) is 6.55. The minimum absolute atomic E-state index is 0.214. The predicted molar refractivity (Wildman–Crippen MR) is 91.7 cm³/mol. The number of carbonyl (C=O) groups excluding carboxylic acids is 1. The Kier molecular flexibility index (Phi) is 5.96. The summed E-state index contributed by atoms with van der Waals surface area (Å²) < 4.78 is 12.5. The SMILES string of the molecule is CC(C)(C)OC(=O)N1CCC(CNCc2cc(Br)c(Br)o2)C1. The molecule has 2 heterocycles. The van der Waals surface area contributed by atoms with Gasteiger partial charge in [-0.25, -0.2) is 4.79 Å². The van der Waals surface area contributed by atoms with E-state index in [9.17, 15) is 4.79 Å². The normalized spacial score (nSPS) is 18.8. The van der Waals surface area contributed by atoms with Crippen molar-refractivity contribution < 1.29 is 13.9 Å². The Morgan fingerprint density at radius 2 is 2.23 bits per heavy atom. The molecule has 0 radical (unpaired) electrons. The van der Waals surface area contributed by atoms with Gasteiger partial charge < -0.3 is 19.4 Å². The summed E-state index contributed by atoms with van der Waals surface area (Å²) >= 11 is 6.72. The number of halogens is 2. The number of nitrogens with one attached hydrogen (secondary N) is 1. The zero-order valence-corrected chi connectivity index (χ0v) is 16.3. The zero-order chi connectivity index (χ0) is 16.3. The molecule has 1 aliphatic rings. The lowest BCUT2D eigenvalue weighted by Gasteiger charge is -2.24. The van der Waals surface area contributed by atoms with E-state index in [2.05, 4.69) is 37.2 Å². The van der Waals surface area contributed by atoms with E-state index in [0.29, 0.717) is 17.1 Å². The van der Waals surface area contributed by atoms with E-state index in [4.69, 9.17) is 9.15 Å². The number of hydrogen-bond donors (Lipinski definition) is 1. The van der Waals surface area contributed by atoms with Gasteiger partial charge in [0.25, 0.3) is 0 Å². The molecular formula is C15H22Br2N2O3. The van der Waals surface area contributed by atoms with Crippen LogP contribution in [0.5, 0.6) is 0 Å². The number of carbonyl (C=O) groups is 1. The van der Waals surface area contributed by atoms with E-state index in [0.717, 1.165) is 36.3 Å². The fourth-order valence-corrected chi connectivity index (χ4v) is 3.03. The van der Waals surface area contributed by atoms with E-state index >= 15 is 0 Å². The molecule has 124 valence electrons. The number of ether oxygens (including phenoxy) is 1. The fraction of sp³-hybridized carbons (Fsp3) is 0.667. The van der Waals surface area contributed by atoms with E-state index in [-0.39, 0.29) is 6.09 Å². The van der Waals surface area contributed by atoms with E-state index in [1.165, 1.54) is 0 Å². The van der Waals surface area contributed by atoms with Crippen LogP contribution in [0.4, 0.5) is 4.79 Å². The molecule has 1 amide bonds. The lowest BCUT2D eigenvalue weighted by molar-refractivity contribution is 0.0288. The summed E-state index contributed by atoms with van der Waals surface area (Å²) in [4.78, 5) is 13.8. The van der Waals surface area contributed by atoms with Crippen molar-refractivity contribution in [1.29, 1.82) is 0 Å². The third kappa shape index (κ3) is 5.28. The highest BCUT2D eigenvalue weighted by atomic mass is 79.9. The summed E-state index contributed by atoms with van der Waals surface area (Å²) in [6.45, 7) is 8.70. The van der Waals surface area contributed by atoms with Crippen molar-refractivity contribution in [2.24, 2.45) is 5.92 Å². The first kappa shape index (κ1) is 17.8. The summed E-state index contributed by atoms with van der Waals surface area (Å²) in [5.41, 5.74) is -0.437. The van der Waals surface area contributed by atoms with E-state index < -0.39 is 5.60 Å². The Hall–Kier alpha value is -0.530. The van der Waals surface area contributed by atoms with Crippen LogP contribution in [0, 0.1) is 5.92 Å². The molecule has 7 heteroatoms. The number of rotatable bonds is 4. The van der Waals surface area contributed by atoms with Gasteiger partial charge in [-0.2, -0.15) is 0 Å². The van der Waals surface area contributed by atoms with Gasteiger partial charge >= 0.3 is 6.09 Å². The second-order valence-corrected chi connectivity index (χ2v) is 8.12. The first-order valence-corrected chi connectivity index (χ1v) is 8.95. The molecule has 0 aromatic carbocycles. The molecule has 1 aromatic heterocycles. The van der Waals surface area contributed by atoms with Gasteiger partial charge in [0.15, 0.2) is 4.67 Å². The van der Waals surface area contributed by atoms with Gasteiger partial charge in [0.05, 0.1) is 11.0 Å². The molecule has 1 aliphatic heterocycles.